The van der Waals surface area contributed by atoms with Crippen LogP contribution in [0.15, 0.2) is 78.9 Å². The molecule has 29 heavy (non-hydrogen) atoms. The number of rotatable bonds is 9. The van der Waals surface area contributed by atoms with Crippen molar-refractivity contribution in [1.29, 1.82) is 0 Å². The van der Waals surface area contributed by atoms with Crippen LogP contribution in [0.1, 0.15) is 22.2 Å². The maximum Gasteiger partial charge on any atom is 0.119 e. The van der Waals surface area contributed by atoms with Crippen LogP contribution < -0.4 is 4.74 Å². The Labute approximate surface area is 179 Å². The van der Waals surface area contributed by atoms with Crippen LogP contribution in [-0.4, -0.2) is 32.4 Å². The van der Waals surface area contributed by atoms with Gasteiger partial charge in [-0.15, -0.1) is 0 Å². The van der Waals surface area contributed by atoms with Crippen molar-refractivity contribution < 1.29 is 24.8 Å². The minimum atomic E-state index is -1.64. The third-order valence-electron chi connectivity index (χ3n) is 3.95. The lowest BCUT2D eigenvalue weighted by atomic mass is 10.1. The molecule has 4 heteroatoms. The van der Waals surface area contributed by atoms with Gasteiger partial charge in [0.1, 0.15) is 18.1 Å². The van der Waals surface area contributed by atoms with Gasteiger partial charge in [-0.2, -0.15) is 0 Å². The van der Waals surface area contributed by atoms with Gasteiger partial charge in [0.2, 0.25) is 0 Å². The van der Waals surface area contributed by atoms with Gasteiger partial charge >= 0.3 is 0 Å². The molecule has 4 nitrogen and oxygen atoms in total. The Kier molecular flexibility index (Phi) is 7.87. The molecule has 0 aliphatic carbocycles. The van der Waals surface area contributed by atoms with Crippen LogP contribution in [0.5, 0.6) is 11.5 Å². The average Bonchev–Trinajstić information content (AvgIpc) is 2.81. The highest BCUT2D eigenvalue weighted by Gasteiger charge is 1.97. The molecule has 3 aromatic rings. The Morgan fingerprint density at radius 3 is 1.72 bits per heavy atom. The lowest BCUT2D eigenvalue weighted by molar-refractivity contribution is 0.202. The van der Waals surface area contributed by atoms with Crippen molar-refractivity contribution in [1.82, 2.24) is 0 Å². The van der Waals surface area contributed by atoms with E-state index in [1.807, 2.05) is 54.6 Å². The lowest BCUT2D eigenvalue weighted by Gasteiger charge is -2.07. The van der Waals surface area contributed by atoms with Crippen molar-refractivity contribution in [2.75, 3.05) is 27.3 Å². The molecule has 0 radical (unpaired) electrons. The van der Waals surface area contributed by atoms with Gasteiger partial charge in [-0.25, -0.2) is 0 Å². The number of benzene rings is 3. The zero-order valence-electron chi connectivity index (χ0n) is 20.8. The fourth-order valence-corrected chi connectivity index (χ4v) is 2.37. The summed E-state index contributed by atoms with van der Waals surface area (Å²) in [6.07, 6.45) is 0.409. The number of hydrogen-bond acceptors (Lipinski definition) is 4. The number of aryl methyl sites for hydroxylation is 2. The summed E-state index contributed by atoms with van der Waals surface area (Å²) in [5.74, 6) is 0.956. The summed E-state index contributed by atoms with van der Waals surface area (Å²) < 4.78 is 44.9. The zero-order chi connectivity index (χ0) is 24.3. The number of hydrogen-bond donors (Lipinski definition) is 1. The van der Waals surface area contributed by atoms with Crippen molar-refractivity contribution in [2.24, 2.45) is 0 Å². The monoisotopic (exact) mass is 398 g/mol. The van der Waals surface area contributed by atoms with E-state index in [-0.39, 0.29) is 18.6 Å². The van der Waals surface area contributed by atoms with Gasteiger partial charge in [0.05, 0.1) is 18.6 Å². The standard InChI is InChI=1S/C16H18O2.C9H12O2/c1-17-12-11-14-7-9-16(10-8-14)18-13-15-5-3-2-4-6-15;1-11-7-6-8-2-4-9(10)5-3-8/h2-10H,11-13H2,1H3;2-5,10H,6-7H2,1H3/i12D2;7D2. The molecular formula is C25H30O4. The van der Waals surface area contributed by atoms with Crippen molar-refractivity contribution in [3.05, 3.63) is 95.6 Å². The predicted molar refractivity (Wildman–Crippen MR) is 116 cm³/mol. The number of methoxy groups -OCH3 is 2. The largest absolute Gasteiger partial charge is 0.508 e. The van der Waals surface area contributed by atoms with E-state index in [4.69, 9.17) is 20.1 Å². The second kappa shape index (κ2) is 13.4. The van der Waals surface area contributed by atoms with Crippen molar-refractivity contribution in [3.63, 3.8) is 0 Å². The van der Waals surface area contributed by atoms with Crippen LogP contribution in [0.25, 0.3) is 0 Å². The zero-order valence-corrected chi connectivity index (χ0v) is 16.8. The smallest absolute Gasteiger partial charge is 0.119 e. The molecule has 0 heterocycles. The predicted octanol–water partition coefficient (Wildman–Crippen LogP) is 5.04. The average molecular weight is 399 g/mol. The molecule has 0 aromatic heterocycles. The summed E-state index contributed by atoms with van der Waals surface area (Å²) in [6, 6.07) is 23.8. The Morgan fingerprint density at radius 1 is 0.690 bits per heavy atom. The number of phenolic OH excluding ortho intramolecular Hbond substituents is 1. The topological polar surface area (TPSA) is 47.9 Å². The van der Waals surface area contributed by atoms with Gasteiger partial charge in [-0.3, -0.25) is 0 Å². The van der Waals surface area contributed by atoms with E-state index in [2.05, 4.69) is 4.74 Å². The SMILES string of the molecule is [2H]C([2H])(Cc1ccc(O)cc1)OC.[2H]C([2H])(Cc1ccc(OCc2ccccc2)cc1)OC. The molecule has 0 aliphatic heterocycles. The Morgan fingerprint density at radius 2 is 1.21 bits per heavy atom. The Hall–Kier alpha value is -2.82. The second-order valence-corrected chi connectivity index (χ2v) is 6.14. The van der Waals surface area contributed by atoms with Crippen LogP contribution >= 0.6 is 0 Å². The van der Waals surface area contributed by atoms with E-state index < -0.39 is 13.1 Å². The normalized spacial score (nSPS) is 13.2. The highest BCUT2D eigenvalue weighted by Crippen LogP contribution is 2.14. The molecule has 3 aromatic carbocycles. The van der Waals surface area contributed by atoms with Crippen molar-refractivity contribution in [3.8, 4) is 11.5 Å². The van der Waals surface area contributed by atoms with Gasteiger partial charge in [-0.05, 0) is 53.8 Å². The minimum Gasteiger partial charge on any atom is -0.508 e. The quantitative estimate of drug-likeness (QED) is 0.549. The van der Waals surface area contributed by atoms with E-state index in [9.17, 15) is 0 Å². The van der Waals surface area contributed by atoms with Crippen LogP contribution in [0.4, 0.5) is 0 Å². The molecule has 0 bridgehead atoms. The van der Waals surface area contributed by atoms with Crippen molar-refractivity contribution in [2.45, 2.75) is 19.4 Å². The van der Waals surface area contributed by atoms with Crippen LogP contribution in [-0.2, 0) is 28.9 Å². The lowest BCUT2D eigenvalue weighted by Crippen LogP contribution is -1.96. The first kappa shape index (κ1) is 17.1. The fraction of sp³-hybridized carbons (Fsp3) is 0.280. The first-order chi connectivity index (χ1) is 15.6. The molecule has 0 aliphatic rings. The third kappa shape index (κ3) is 9.28. The van der Waals surface area contributed by atoms with E-state index >= 15 is 0 Å². The fourth-order valence-electron chi connectivity index (χ4n) is 2.37. The summed E-state index contributed by atoms with van der Waals surface area (Å²) >= 11 is 0. The van der Waals surface area contributed by atoms with Crippen LogP contribution in [0.2, 0.25) is 0 Å². The summed E-state index contributed by atoms with van der Waals surface area (Å²) in [4.78, 5) is 0. The molecule has 154 valence electrons. The van der Waals surface area contributed by atoms with Gasteiger partial charge in [0.25, 0.3) is 0 Å². The number of aromatic hydroxyl groups is 1. The molecule has 1 N–H and O–H groups in total. The first-order valence-electron chi connectivity index (χ1n) is 11.3. The molecule has 0 spiro atoms. The highest BCUT2D eigenvalue weighted by molar-refractivity contribution is 5.28. The summed E-state index contributed by atoms with van der Waals surface area (Å²) in [7, 11) is 2.71. The van der Waals surface area contributed by atoms with Gasteiger partial charge in [-0.1, -0.05) is 54.6 Å². The molecule has 0 saturated carbocycles. The van der Waals surface area contributed by atoms with Gasteiger partial charge in [0.15, 0.2) is 0 Å². The number of phenols is 1. The third-order valence-corrected chi connectivity index (χ3v) is 3.95. The van der Waals surface area contributed by atoms with E-state index in [1.165, 1.54) is 26.4 Å². The minimum absolute atomic E-state index is 0.182. The van der Waals surface area contributed by atoms with Gasteiger partial charge in [0, 0.05) is 14.2 Å². The molecular weight excluding hydrogens is 364 g/mol. The second-order valence-electron chi connectivity index (χ2n) is 6.14. The molecule has 3 rings (SSSR count). The molecule has 0 saturated heterocycles. The number of ether oxygens (including phenoxy) is 3. The Balaban J connectivity index is 0.000000257. The van der Waals surface area contributed by atoms with E-state index in [0.29, 0.717) is 6.61 Å². The summed E-state index contributed by atoms with van der Waals surface area (Å²) in [5, 5.41) is 8.99. The molecule has 0 amide bonds. The highest BCUT2D eigenvalue weighted by atomic mass is 16.5. The van der Waals surface area contributed by atoms with Crippen molar-refractivity contribution >= 4 is 0 Å². The Bertz CT molecular complexity index is 946. The summed E-state index contributed by atoms with van der Waals surface area (Å²) in [6.45, 7) is -2.75. The summed E-state index contributed by atoms with van der Waals surface area (Å²) in [5.41, 5.74) is 2.79. The van der Waals surface area contributed by atoms with Crippen LogP contribution in [0.3, 0.4) is 0 Å². The first-order valence-corrected chi connectivity index (χ1v) is 9.26. The molecule has 0 fully saturated rings. The maximum absolute atomic E-state index is 8.99. The van der Waals surface area contributed by atoms with Crippen LogP contribution in [0, 0.1) is 0 Å². The van der Waals surface area contributed by atoms with E-state index in [0.717, 1.165) is 22.4 Å². The molecule has 0 atom stereocenters. The maximum atomic E-state index is 8.99. The van der Waals surface area contributed by atoms with E-state index in [1.54, 1.807) is 12.1 Å². The van der Waals surface area contributed by atoms with Gasteiger partial charge < -0.3 is 19.3 Å². The molecule has 0 unspecified atom stereocenters.